The average Bonchev–Trinajstić information content (AvgIpc) is 2.59. The van der Waals surface area contributed by atoms with Gasteiger partial charge in [-0.15, -0.1) is 0 Å². The number of nitrogens with zero attached hydrogens (tertiary/aromatic N) is 2. The summed E-state index contributed by atoms with van der Waals surface area (Å²) >= 11 is 0. The van der Waals surface area contributed by atoms with Crippen molar-refractivity contribution < 1.29 is 4.42 Å². The molecule has 1 aromatic heterocycles. The molecule has 0 fully saturated rings. The molecule has 0 spiro atoms. The van der Waals surface area contributed by atoms with Crippen LogP contribution in [0, 0.1) is 0 Å². The highest BCUT2D eigenvalue weighted by molar-refractivity contribution is 5.78. The van der Waals surface area contributed by atoms with Gasteiger partial charge in [0.15, 0.2) is 0 Å². The summed E-state index contributed by atoms with van der Waals surface area (Å²) in [5.41, 5.74) is 3.59. The summed E-state index contributed by atoms with van der Waals surface area (Å²) in [4.78, 5) is 5.86. The van der Waals surface area contributed by atoms with Crippen molar-refractivity contribution in [2.45, 2.75) is 6.54 Å². The van der Waals surface area contributed by atoms with Crippen LogP contribution in [0.15, 0.2) is 28.0 Å². The van der Waals surface area contributed by atoms with Gasteiger partial charge < -0.3 is 9.32 Å². The fourth-order valence-corrected chi connectivity index (χ4v) is 1.08. The molecule has 0 saturated carbocycles. The molecule has 0 aliphatic rings. The summed E-state index contributed by atoms with van der Waals surface area (Å²) in [7, 11) is 3.58. The molecule has 1 aromatic rings. The Morgan fingerprint density at radius 2 is 2.54 bits per heavy atom. The Morgan fingerprint density at radius 3 is 3.00 bits per heavy atom. The van der Waals surface area contributed by atoms with E-state index in [0.717, 1.165) is 5.56 Å². The Balaban J connectivity index is 2.55. The molecule has 0 atom stereocenters. The number of nitrogens with two attached hydrogens (primary N) is 1. The summed E-state index contributed by atoms with van der Waals surface area (Å²) in [6.45, 7) is 0.716. The maximum Gasteiger partial charge on any atom is 0.208 e. The predicted molar refractivity (Wildman–Crippen MR) is 50.9 cm³/mol. The van der Waals surface area contributed by atoms with Crippen molar-refractivity contribution in [1.29, 1.82) is 0 Å². The van der Waals surface area contributed by atoms with Gasteiger partial charge in [-0.1, -0.05) is 0 Å². The Labute approximate surface area is 77.2 Å². The number of nitrogens with one attached hydrogen (secondary N) is 1. The lowest BCUT2D eigenvalue weighted by molar-refractivity contribution is 0.473. The molecule has 72 valence electrons. The zero-order valence-electron chi connectivity index (χ0n) is 7.82. The van der Waals surface area contributed by atoms with Gasteiger partial charge in [-0.05, 0) is 6.07 Å². The van der Waals surface area contributed by atoms with E-state index in [1.165, 1.54) is 0 Å². The highest BCUT2D eigenvalue weighted by Crippen LogP contribution is 2.03. The van der Waals surface area contributed by atoms with Gasteiger partial charge in [0, 0.05) is 26.2 Å². The first-order chi connectivity index (χ1) is 6.27. The van der Waals surface area contributed by atoms with E-state index in [2.05, 4.69) is 10.4 Å². The van der Waals surface area contributed by atoms with Crippen LogP contribution in [0.25, 0.3) is 0 Å². The topological polar surface area (TPSA) is 66.8 Å². The van der Waals surface area contributed by atoms with Crippen LogP contribution in [0.3, 0.4) is 0 Å². The number of hydrogen-bond donors (Lipinski definition) is 2. The summed E-state index contributed by atoms with van der Waals surface area (Å²) in [6.07, 6.45) is 3.34. The van der Waals surface area contributed by atoms with Crippen molar-refractivity contribution in [2.75, 3.05) is 14.1 Å². The molecule has 1 heterocycles. The van der Waals surface area contributed by atoms with E-state index in [-0.39, 0.29) is 0 Å². The maximum atomic E-state index is 5.27. The summed E-state index contributed by atoms with van der Waals surface area (Å²) in [6, 6.07) is 1.90. The second-order valence-electron chi connectivity index (χ2n) is 2.68. The lowest BCUT2D eigenvalue weighted by Crippen LogP contribution is -2.42. The van der Waals surface area contributed by atoms with E-state index in [9.17, 15) is 0 Å². The SMILES string of the molecule is CN=C(NN)N(C)Cc1ccoc1. The van der Waals surface area contributed by atoms with Gasteiger partial charge in [0.05, 0.1) is 12.5 Å². The molecule has 13 heavy (non-hydrogen) atoms. The van der Waals surface area contributed by atoms with Gasteiger partial charge in [-0.3, -0.25) is 10.4 Å². The average molecular weight is 182 g/mol. The Morgan fingerprint density at radius 1 is 1.77 bits per heavy atom. The minimum atomic E-state index is 0.640. The molecular weight excluding hydrogens is 168 g/mol. The summed E-state index contributed by atoms with van der Waals surface area (Å²) in [5, 5.41) is 0. The molecule has 1 rings (SSSR count). The molecule has 0 aliphatic heterocycles. The Bertz CT molecular complexity index is 268. The Kier molecular flexibility index (Phi) is 3.33. The largest absolute Gasteiger partial charge is 0.472 e. The minimum absolute atomic E-state index is 0.640. The first kappa shape index (κ1) is 9.60. The van der Waals surface area contributed by atoms with Gasteiger partial charge in [0.2, 0.25) is 5.96 Å². The van der Waals surface area contributed by atoms with Gasteiger partial charge in [-0.25, -0.2) is 5.84 Å². The van der Waals surface area contributed by atoms with Crippen molar-refractivity contribution in [3.05, 3.63) is 24.2 Å². The molecule has 0 unspecified atom stereocenters. The summed E-state index contributed by atoms with van der Waals surface area (Å²) < 4.78 is 4.94. The molecule has 0 saturated heterocycles. The smallest absolute Gasteiger partial charge is 0.208 e. The van der Waals surface area contributed by atoms with E-state index >= 15 is 0 Å². The molecule has 0 bridgehead atoms. The van der Waals surface area contributed by atoms with Crippen molar-refractivity contribution in [3.63, 3.8) is 0 Å². The highest BCUT2D eigenvalue weighted by Gasteiger charge is 2.04. The minimum Gasteiger partial charge on any atom is -0.472 e. The van der Waals surface area contributed by atoms with Crippen LogP contribution in [-0.4, -0.2) is 25.0 Å². The number of hydrazine groups is 1. The molecule has 3 N–H and O–H groups in total. The quantitative estimate of drug-likeness (QED) is 0.296. The van der Waals surface area contributed by atoms with E-state index in [1.54, 1.807) is 19.6 Å². The second-order valence-corrected chi connectivity index (χ2v) is 2.68. The second kappa shape index (κ2) is 4.51. The summed E-state index contributed by atoms with van der Waals surface area (Å²) in [5.74, 6) is 5.91. The first-order valence-electron chi connectivity index (χ1n) is 3.93. The molecule has 0 radical (unpaired) electrons. The van der Waals surface area contributed by atoms with Crippen LogP contribution in [0.4, 0.5) is 0 Å². The van der Waals surface area contributed by atoms with Crippen LogP contribution in [0.2, 0.25) is 0 Å². The first-order valence-corrected chi connectivity index (χ1v) is 3.93. The van der Waals surface area contributed by atoms with Crippen molar-refractivity contribution in [1.82, 2.24) is 10.3 Å². The van der Waals surface area contributed by atoms with Gasteiger partial charge >= 0.3 is 0 Å². The molecule has 5 heteroatoms. The van der Waals surface area contributed by atoms with Crippen LogP contribution in [-0.2, 0) is 6.54 Å². The lowest BCUT2D eigenvalue weighted by atomic mass is 10.3. The zero-order chi connectivity index (χ0) is 9.68. The van der Waals surface area contributed by atoms with Crippen LogP contribution in [0.5, 0.6) is 0 Å². The van der Waals surface area contributed by atoms with Gasteiger partial charge in [-0.2, -0.15) is 0 Å². The van der Waals surface area contributed by atoms with Crippen molar-refractivity contribution >= 4 is 5.96 Å². The number of furan rings is 1. The van der Waals surface area contributed by atoms with Crippen molar-refractivity contribution in [2.24, 2.45) is 10.8 Å². The zero-order valence-corrected chi connectivity index (χ0v) is 7.82. The monoisotopic (exact) mass is 182 g/mol. The normalized spacial score (nSPS) is 11.5. The number of guanidine groups is 1. The van der Waals surface area contributed by atoms with Crippen LogP contribution in [0.1, 0.15) is 5.56 Å². The van der Waals surface area contributed by atoms with Gasteiger partial charge in [0.1, 0.15) is 0 Å². The standard InChI is InChI=1S/C8H14N4O/c1-10-8(11-9)12(2)5-7-3-4-13-6-7/h3-4,6H,5,9H2,1-2H3,(H,10,11). The third-order valence-corrected chi connectivity index (χ3v) is 1.70. The molecule has 0 aliphatic carbocycles. The molecule has 5 nitrogen and oxygen atoms in total. The molecule has 0 aromatic carbocycles. The van der Waals surface area contributed by atoms with E-state index in [4.69, 9.17) is 10.3 Å². The van der Waals surface area contributed by atoms with E-state index < -0.39 is 0 Å². The molecular formula is C8H14N4O. The number of aliphatic imine (C=N–C) groups is 1. The van der Waals surface area contributed by atoms with E-state index in [0.29, 0.717) is 12.5 Å². The third kappa shape index (κ3) is 2.48. The fourth-order valence-electron chi connectivity index (χ4n) is 1.08. The Hall–Kier alpha value is -1.49. The van der Waals surface area contributed by atoms with Crippen molar-refractivity contribution in [3.8, 4) is 0 Å². The van der Waals surface area contributed by atoms with E-state index in [1.807, 2.05) is 18.0 Å². The maximum absolute atomic E-state index is 5.27. The number of hydrogen-bond acceptors (Lipinski definition) is 3. The third-order valence-electron chi connectivity index (χ3n) is 1.70. The van der Waals surface area contributed by atoms with Crippen LogP contribution >= 0.6 is 0 Å². The predicted octanol–water partition coefficient (Wildman–Crippen LogP) is 0.161. The number of rotatable bonds is 2. The highest BCUT2D eigenvalue weighted by atomic mass is 16.3. The fraction of sp³-hybridized carbons (Fsp3) is 0.375. The molecule has 0 amide bonds. The van der Waals surface area contributed by atoms with Crippen LogP contribution < -0.4 is 11.3 Å². The van der Waals surface area contributed by atoms with Gasteiger partial charge in [0.25, 0.3) is 0 Å². The lowest BCUT2D eigenvalue weighted by Gasteiger charge is -2.18.